The Morgan fingerprint density at radius 3 is 2.67 bits per heavy atom. The summed E-state index contributed by atoms with van der Waals surface area (Å²) in [6.07, 6.45) is 2.72. The Balaban J connectivity index is 1.66. The van der Waals surface area contributed by atoms with Crippen LogP contribution < -0.4 is 5.32 Å². The highest BCUT2D eigenvalue weighted by Crippen LogP contribution is 2.30. The van der Waals surface area contributed by atoms with Gasteiger partial charge in [-0.3, -0.25) is 4.90 Å². The quantitative estimate of drug-likeness (QED) is 0.873. The van der Waals surface area contributed by atoms with Crippen molar-refractivity contribution in [1.82, 2.24) is 10.2 Å². The fourth-order valence-corrected chi connectivity index (χ4v) is 3.03. The van der Waals surface area contributed by atoms with Crippen molar-refractivity contribution in [2.45, 2.75) is 51.7 Å². The third-order valence-electron chi connectivity index (χ3n) is 4.81. The molecule has 114 valence electrons. The molecule has 3 rings (SSSR count). The number of nitrogens with one attached hydrogen (secondary N) is 1. The molecule has 1 saturated carbocycles. The third-order valence-corrected chi connectivity index (χ3v) is 4.81. The Kier molecular flexibility index (Phi) is 4.05. The van der Waals surface area contributed by atoms with Gasteiger partial charge >= 0.3 is 0 Å². The van der Waals surface area contributed by atoms with Crippen molar-refractivity contribution < 1.29 is 4.42 Å². The molecule has 1 aliphatic carbocycles. The SMILES string of the molecule is Cc1c(C(C)NCC(C)N(C)C2CC2)oc2ccccc12. The Morgan fingerprint density at radius 1 is 1.29 bits per heavy atom. The van der Waals surface area contributed by atoms with Crippen LogP contribution in [0.5, 0.6) is 0 Å². The molecule has 1 N–H and O–H groups in total. The van der Waals surface area contributed by atoms with Crippen molar-refractivity contribution in [2.75, 3.05) is 13.6 Å². The van der Waals surface area contributed by atoms with Gasteiger partial charge in [0.2, 0.25) is 0 Å². The summed E-state index contributed by atoms with van der Waals surface area (Å²) in [5.74, 6) is 1.07. The van der Waals surface area contributed by atoms with Gasteiger partial charge in [-0.15, -0.1) is 0 Å². The summed E-state index contributed by atoms with van der Waals surface area (Å²) in [6.45, 7) is 7.63. The Bertz CT molecular complexity index is 615. The molecule has 0 saturated heterocycles. The highest BCUT2D eigenvalue weighted by molar-refractivity contribution is 5.82. The van der Waals surface area contributed by atoms with Crippen LogP contribution in [0.3, 0.4) is 0 Å². The number of likely N-dealkylation sites (N-methyl/N-ethyl adjacent to an activating group) is 1. The first-order valence-electron chi connectivity index (χ1n) is 8.01. The second kappa shape index (κ2) is 5.82. The fourth-order valence-electron chi connectivity index (χ4n) is 3.03. The maximum absolute atomic E-state index is 6.04. The van der Waals surface area contributed by atoms with Crippen LogP contribution >= 0.6 is 0 Å². The monoisotopic (exact) mass is 286 g/mol. The molecular weight excluding hydrogens is 260 g/mol. The van der Waals surface area contributed by atoms with E-state index in [1.165, 1.54) is 23.8 Å². The molecule has 1 aromatic heterocycles. The van der Waals surface area contributed by atoms with E-state index in [9.17, 15) is 0 Å². The molecule has 2 atom stereocenters. The Labute approximate surface area is 127 Å². The summed E-state index contributed by atoms with van der Waals surface area (Å²) in [5.41, 5.74) is 2.25. The maximum Gasteiger partial charge on any atom is 0.134 e. The second-order valence-electron chi connectivity index (χ2n) is 6.46. The van der Waals surface area contributed by atoms with Gasteiger partial charge in [-0.1, -0.05) is 18.2 Å². The molecule has 1 heterocycles. The molecule has 21 heavy (non-hydrogen) atoms. The van der Waals surface area contributed by atoms with E-state index < -0.39 is 0 Å². The molecule has 0 bridgehead atoms. The minimum Gasteiger partial charge on any atom is -0.459 e. The number of benzene rings is 1. The third kappa shape index (κ3) is 2.99. The molecule has 1 aromatic carbocycles. The standard InChI is InChI=1S/C18H26N2O/c1-12(20(4)15-9-10-15)11-19-14(3)18-13(2)16-7-5-6-8-17(16)21-18/h5-8,12,14-15,19H,9-11H2,1-4H3. The van der Waals surface area contributed by atoms with Gasteiger partial charge in [0.15, 0.2) is 0 Å². The Hall–Kier alpha value is -1.32. The first-order valence-corrected chi connectivity index (χ1v) is 8.01. The van der Waals surface area contributed by atoms with Crippen molar-refractivity contribution in [3.63, 3.8) is 0 Å². The van der Waals surface area contributed by atoms with Crippen molar-refractivity contribution in [3.8, 4) is 0 Å². The number of fused-ring (bicyclic) bond motifs is 1. The predicted molar refractivity (Wildman–Crippen MR) is 87.6 cm³/mol. The number of hydrogen-bond donors (Lipinski definition) is 1. The lowest BCUT2D eigenvalue weighted by atomic mass is 10.1. The van der Waals surface area contributed by atoms with Crippen LogP contribution in [-0.2, 0) is 0 Å². The van der Waals surface area contributed by atoms with Crippen LogP contribution in [0.2, 0.25) is 0 Å². The van der Waals surface area contributed by atoms with Gasteiger partial charge in [-0.05, 0) is 52.3 Å². The number of nitrogens with zero attached hydrogens (tertiary/aromatic N) is 1. The number of para-hydroxylation sites is 1. The molecule has 2 aromatic rings. The van der Waals surface area contributed by atoms with Gasteiger partial charge < -0.3 is 9.73 Å². The van der Waals surface area contributed by atoms with E-state index >= 15 is 0 Å². The lowest BCUT2D eigenvalue weighted by molar-refractivity contribution is 0.234. The average Bonchev–Trinajstić information content (AvgIpc) is 3.29. The molecule has 2 unspecified atom stereocenters. The molecule has 1 aliphatic rings. The van der Waals surface area contributed by atoms with Gasteiger partial charge in [0.25, 0.3) is 0 Å². The van der Waals surface area contributed by atoms with Crippen molar-refractivity contribution in [3.05, 3.63) is 35.6 Å². The summed E-state index contributed by atoms with van der Waals surface area (Å²) >= 11 is 0. The number of aryl methyl sites for hydroxylation is 1. The van der Waals surface area contributed by atoms with E-state index in [2.05, 4.69) is 50.2 Å². The van der Waals surface area contributed by atoms with Gasteiger partial charge in [-0.2, -0.15) is 0 Å². The predicted octanol–water partition coefficient (Wildman–Crippen LogP) is 3.87. The van der Waals surface area contributed by atoms with Crippen molar-refractivity contribution >= 4 is 11.0 Å². The van der Waals surface area contributed by atoms with Gasteiger partial charge in [0.1, 0.15) is 11.3 Å². The van der Waals surface area contributed by atoms with Crippen LogP contribution in [-0.4, -0.2) is 30.6 Å². The zero-order valence-electron chi connectivity index (χ0n) is 13.5. The van der Waals surface area contributed by atoms with Crippen molar-refractivity contribution in [1.29, 1.82) is 0 Å². The van der Waals surface area contributed by atoms with Gasteiger partial charge in [-0.25, -0.2) is 0 Å². The highest BCUT2D eigenvalue weighted by Gasteiger charge is 2.29. The summed E-state index contributed by atoms with van der Waals surface area (Å²) in [7, 11) is 2.24. The lowest BCUT2D eigenvalue weighted by Gasteiger charge is -2.26. The highest BCUT2D eigenvalue weighted by atomic mass is 16.3. The van der Waals surface area contributed by atoms with Crippen LogP contribution in [0, 0.1) is 6.92 Å². The molecule has 1 fully saturated rings. The van der Waals surface area contributed by atoms with Gasteiger partial charge in [0.05, 0.1) is 6.04 Å². The summed E-state index contributed by atoms with van der Waals surface area (Å²) in [5, 5.41) is 4.85. The van der Waals surface area contributed by atoms with E-state index in [0.717, 1.165) is 23.9 Å². The Morgan fingerprint density at radius 2 is 2.00 bits per heavy atom. The maximum atomic E-state index is 6.04. The summed E-state index contributed by atoms with van der Waals surface area (Å²) in [6, 6.07) is 9.89. The minimum absolute atomic E-state index is 0.243. The first kappa shape index (κ1) is 14.6. The van der Waals surface area contributed by atoms with E-state index in [0.29, 0.717) is 6.04 Å². The first-order chi connectivity index (χ1) is 10.1. The minimum atomic E-state index is 0.243. The summed E-state index contributed by atoms with van der Waals surface area (Å²) < 4.78 is 6.04. The smallest absolute Gasteiger partial charge is 0.134 e. The van der Waals surface area contributed by atoms with Crippen LogP contribution in [0.4, 0.5) is 0 Å². The molecule has 3 nitrogen and oxygen atoms in total. The molecular formula is C18H26N2O. The lowest BCUT2D eigenvalue weighted by Crippen LogP contribution is -2.39. The number of furan rings is 1. The van der Waals surface area contributed by atoms with E-state index in [4.69, 9.17) is 4.42 Å². The zero-order chi connectivity index (χ0) is 15.0. The van der Waals surface area contributed by atoms with Gasteiger partial charge in [0, 0.05) is 24.0 Å². The van der Waals surface area contributed by atoms with Crippen molar-refractivity contribution in [2.24, 2.45) is 0 Å². The molecule has 0 radical (unpaired) electrons. The number of rotatable bonds is 6. The molecule has 0 aliphatic heterocycles. The molecule has 3 heteroatoms. The number of hydrogen-bond acceptors (Lipinski definition) is 3. The fraction of sp³-hybridized carbons (Fsp3) is 0.556. The normalized spacial score (nSPS) is 18.3. The van der Waals surface area contributed by atoms with E-state index in [1.807, 2.05) is 12.1 Å². The molecule has 0 amide bonds. The van der Waals surface area contributed by atoms with E-state index in [1.54, 1.807) is 0 Å². The van der Waals surface area contributed by atoms with E-state index in [-0.39, 0.29) is 6.04 Å². The average molecular weight is 286 g/mol. The van der Waals surface area contributed by atoms with Crippen LogP contribution in [0.15, 0.2) is 28.7 Å². The second-order valence-corrected chi connectivity index (χ2v) is 6.46. The largest absolute Gasteiger partial charge is 0.459 e. The zero-order valence-corrected chi connectivity index (χ0v) is 13.5. The summed E-state index contributed by atoms with van der Waals surface area (Å²) in [4.78, 5) is 2.49. The topological polar surface area (TPSA) is 28.4 Å². The van der Waals surface area contributed by atoms with Crippen LogP contribution in [0.25, 0.3) is 11.0 Å². The van der Waals surface area contributed by atoms with Crippen LogP contribution in [0.1, 0.15) is 44.1 Å². The molecule has 0 spiro atoms.